The topological polar surface area (TPSA) is 29.1 Å². The van der Waals surface area contributed by atoms with Crippen molar-refractivity contribution in [3.05, 3.63) is 35.4 Å². The van der Waals surface area contributed by atoms with Gasteiger partial charge in [0, 0.05) is 12.1 Å². The Kier molecular flexibility index (Phi) is 1.27. The zero-order chi connectivity index (χ0) is 7.68. The second-order valence-corrected chi connectivity index (χ2v) is 2.49. The van der Waals surface area contributed by atoms with E-state index in [-0.39, 0.29) is 0 Å². The van der Waals surface area contributed by atoms with Crippen molar-refractivity contribution < 1.29 is 4.79 Å². The molecule has 2 nitrogen and oxygen atoms in total. The minimum Gasteiger partial charge on any atom is -0.371 e. The van der Waals surface area contributed by atoms with Gasteiger partial charge in [0.1, 0.15) is 5.70 Å². The van der Waals surface area contributed by atoms with Gasteiger partial charge in [-0.05, 0) is 5.56 Å². The molecule has 0 aliphatic carbocycles. The molecule has 0 unspecified atom stereocenters. The molecule has 1 heterocycles. The predicted molar refractivity (Wildman–Crippen MR) is 42.4 cm³/mol. The molecule has 1 aromatic carbocycles. The first-order valence-electron chi connectivity index (χ1n) is 3.49. The van der Waals surface area contributed by atoms with E-state index in [2.05, 4.69) is 5.32 Å². The Bertz CT molecular complexity index is 337. The van der Waals surface area contributed by atoms with Crippen molar-refractivity contribution in [3.8, 4) is 0 Å². The van der Waals surface area contributed by atoms with Crippen molar-refractivity contribution >= 4 is 11.6 Å². The highest BCUT2D eigenvalue weighted by Crippen LogP contribution is 2.20. The van der Waals surface area contributed by atoms with Crippen LogP contribution in [0.15, 0.2) is 24.3 Å². The Morgan fingerprint density at radius 2 is 2.18 bits per heavy atom. The van der Waals surface area contributed by atoms with Crippen LogP contribution in [0.1, 0.15) is 11.1 Å². The third-order valence-corrected chi connectivity index (χ3v) is 1.84. The second kappa shape index (κ2) is 2.26. The maximum Gasteiger partial charge on any atom is 0.150 e. The van der Waals surface area contributed by atoms with Crippen molar-refractivity contribution in [1.29, 1.82) is 0 Å². The summed E-state index contributed by atoms with van der Waals surface area (Å²) >= 11 is 0. The summed E-state index contributed by atoms with van der Waals surface area (Å²) in [6.07, 6.45) is 0. The van der Waals surface area contributed by atoms with E-state index in [1.54, 1.807) is 0 Å². The maximum atomic E-state index is 10.3. The first kappa shape index (κ1) is 6.20. The summed E-state index contributed by atoms with van der Waals surface area (Å²) in [5, 5.41) is 2.96. The fourth-order valence-electron chi connectivity index (χ4n) is 1.29. The molecule has 0 fully saturated rings. The highest BCUT2D eigenvalue weighted by Gasteiger charge is 2.14. The van der Waals surface area contributed by atoms with Crippen molar-refractivity contribution in [3.63, 3.8) is 0 Å². The van der Waals surface area contributed by atoms with Gasteiger partial charge in [0.15, 0.2) is 5.94 Å². The fraction of sp³-hybridized carbons (Fsp3) is 0.111. The Labute approximate surface area is 64.5 Å². The fourth-order valence-corrected chi connectivity index (χ4v) is 1.29. The van der Waals surface area contributed by atoms with Gasteiger partial charge in [-0.3, -0.25) is 0 Å². The molecule has 0 radical (unpaired) electrons. The van der Waals surface area contributed by atoms with E-state index in [4.69, 9.17) is 0 Å². The number of nitrogens with one attached hydrogen (secondary N) is 1. The van der Waals surface area contributed by atoms with Crippen LogP contribution in [0.4, 0.5) is 0 Å². The van der Waals surface area contributed by atoms with Crippen LogP contribution >= 0.6 is 0 Å². The first-order chi connectivity index (χ1) is 5.42. The van der Waals surface area contributed by atoms with E-state index >= 15 is 0 Å². The Hall–Kier alpha value is -1.53. The lowest BCUT2D eigenvalue weighted by Crippen LogP contribution is -2.00. The first-order valence-corrected chi connectivity index (χ1v) is 3.49. The molecule has 0 bridgehead atoms. The molecule has 0 amide bonds. The molecule has 1 aromatic rings. The van der Waals surface area contributed by atoms with Crippen LogP contribution < -0.4 is 5.32 Å². The number of hydrogen-bond donors (Lipinski definition) is 1. The number of carbonyl (C=O) groups excluding carboxylic acids is 1. The van der Waals surface area contributed by atoms with Crippen molar-refractivity contribution in [2.75, 3.05) is 0 Å². The van der Waals surface area contributed by atoms with E-state index in [1.165, 1.54) is 5.56 Å². The predicted octanol–water partition coefficient (Wildman–Crippen LogP) is 0.962. The van der Waals surface area contributed by atoms with Crippen LogP contribution in [0.25, 0.3) is 5.70 Å². The van der Waals surface area contributed by atoms with Crippen LogP contribution in [0.5, 0.6) is 0 Å². The van der Waals surface area contributed by atoms with E-state index < -0.39 is 0 Å². The summed E-state index contributed by atoms with van der Waals surface area (Å²) < 4.78 is 0. The SMILES string of the molecule is O=C=C1NCc2ccccc21. The van der Waals surface area contributed by atoms with Crippen LogP contribution in [-0.4, -0.2) is 5.94 Å². The van der Waals surface area contributed by atoms with Crippen LogP contribution in [0.3, 0.4) is 0 Å². The molecule has 0 aromatic heterocycles. The Morgan fingerprint density at radius 1 is 1.36 bits per heavy atom. The van der Waals surface area contributed by atoms with Gasteiger partial charge < -0.3 is 5.32 Å². The molecule has 0 saturated carbocycles. The van der Waals surface area contributed by atoms with Gasteiger partial charge >= 0.3 is 0 Å². The van der Waals surface area contributed by atoms with Crippen LogP contribution in [0, 0.1) is 0 Å². The summed E-state index contributed by atoms with van der Waals surface area (Å²) in [4.78, 5) is 10.3. The van der Waals surface area contributed by atoms with E-state index in [0.29, 0.717) is 5.70 Å². The van der Waals surface area contributed by atoms with Gasteiger partial charge in [-0.25, -0.2) is 4.79 Å². The largest absolute Gasteiger partial charge is 0.371 e. The highest BCUT2D eigenvalue weighted by molar-refractivity contribution is 5.89. The molecule has 1 aliphatic heterocycles. The molecule has 0 atom stereocenters. The van der Waals surface area contributed by atoms with Gasteiger partial charge in [0.25, 0.3) is 0 Å². The molecular weight excluding hydrogens is 138 g/mol. The molecule has 1 N–H and O–H groups in total. The van der Waals surface area contributed by atoms with E-state index in [1.807, 2.05) is 30.2 Å². The van der Waals surface area contributed by atoms with E-state index in [0.717, 1.165) is 12.1 Å². The van der Waals surface area contributed by atoms with Crippen molar-refractivity contribution in [2.24, 2.45) is 0 Å². The van der Waals surface area contributed by atoms with Crippen molar-refractivity contribution in [1.82, 2.24) is 5.32 Å². The smallest absolute Gasteiger partial charge is 0.150 e. The molecule has 0 spiro atoms. The zero-order valence-corrected chi connectivity index (χ0v) is 5.92. The lowest BCUT2D eigenvalue weighted by atomic mass is 10.1. The average Bonchev–Trinajstić information content (AvgIpc) is 2.47. The Morgan fingerprint density at radius 3 is 3.00 bits per heavy atom. The third-order valence-electron chi connectivity index (χ3n) is 1.84. The number of hydrogen-bond acceptors (Lipinski definition) is 2. The summed E-state index contributed by atoms with van der Waals surface area (Å²) in [5.74, 6) is 1.88. The summed E-state index contributed by atoms with van der Waals surface area (Å²) in [5.41, 5.74) is 2.74. The molecular formula is C9H7NO. The molecule has 54 valence electrons. The van der Waals surface area contributed by atoms with E-state index in [9.17, 15) is 4.79 Å². The molecule has 11 heavy (non-hydrogen) atoms. The second-order valence-electron chi connectivity index (χ2n) is 2.49. The maximum absolute atomic E-state index is 10.3. The minimum atomic E-state index is 0.584. The third kappa shape index (κ3) is 0.846. The monoisotopic (exact) mass is 145 g/mol. The van der Waals surface area contributed by atoms with Gasteiger partial charge in [-0.2, -0.15) is 0 Å². The highest BCUT2D eigenvalue weighted by atomic mass is 16.1. The van der Waals surface area contributed by atoms with Crippen LogP contribution in [0.2, 0.25) is 0 Å². The van der Waals surface area contributed by atoms with Gasteiger partial charge in [0.05, 0.1) is 0 Å². The number of rotatable bonds is 0. The molecule has 2 rings (SSSR count). The standard InChI is InChI=1S/C9H7NO/c11-6-9-8-4-2-1-3-7(8)5-10-9/h1-4,10H,5H2. The number of benzene rings is 1. The summed E-state index contributed by atoms with van der Waals surface area (Å²) in [7, 11) is 0. The quantitative estimate of drug-likeness (QED) is 0.551. The minimum absolute atomic E-state index is 0.584. The van der Waals surface area contributed by atoms with Crippen LogP contribution in [-0.2, 0) is 11.3 Å². The van der Waals surface area contributed by atoms with Gasteiger partial charge in [-0.15, -0.1) is 0 Å². The summed E-state index contributed by atoms with van der Waals surface area (Å²) in [6, 6.07) is 7.82. The molecule has 0 saturated heterocycles. The van der Waals surface area contributed by atoms with Gasteiger partial charge in [0.2, 0.25) is 0 Å². The average molecular weight is 145 g/mol. The normalized spacial score (nSPS) is 13.6. The van der Waals surface area contributed by atoms with Crippen molar-refractivity contribution in [2.45, 2.75) is 6.54 Å². The van der Waals surface area contributed by atoms with Gasteiger partial charge in [-0.1, -0.05) is 24.3 Å². The summed E-state index contributed by atoms with van der Waals surface area (Å²) in [6.45, 7) is 0.751. The lowest BCUT2D eigenvalue weighted by molar-refractivity contribution is 0.568. The lowest BCUT2D eigenvalue weighted by Gasteiger charge is -1.92. The zero-order valence-electron chi connectivity index (χ0n) is 5.92. The molecule has 2 heteroatoms. The molecule has 1 aliphatic rings. The Balaban J connectivity index is 2.64. The number of fused-ring (bicyclic) bond motifs is 1.